The topological polar surface area (TPSA) is 12.0 Å². The molecule has 2 unspecified atom stereocenters. The highest BCUT2D eigenvalue weighted by atomic mass is 79.9. The Morgan fingerprint density at radius 1 is 1.22 bits per heavy atom. The van der Waals surface area contributed by atoms with Gasteiger partial charge in [-0.25, -0.2) is 0 Å². The Bertz CT molecular complexity index is 509. The van der Waals surface area contributed by atoms with Crippen molar-refractivity contribution in [2.75, 3.05) is 6.54 Å². The van der Waals surface area contributed by atoms with Gasteiger partial charge in [0.2, 0.25) is 0 Å². The lowest BCUT2D eigenvalue weighted by molar-refractivity contribution is 0.406. The van der Waals surface area contributed by atoms with Crippen molar-refractivity contribution in [1.82, 2.24) is 5.32 Å². The van der Waals surface area contributed by atoms with Crippen molar-refractivity contribution in [3.05, 3.63) is 58.1 Å². The number of alkyl halides is 1. The van der Waals surface area contributed by atoms with Crippen molar-refractivity contribution in [1.29, 1.82) is 0 Å². The Morgan fingerprint density at radius 3 is 2.89 bits per heavy atom. The Morgan fingerprint density at radius 2 is 2.06 bits per heavy atom. The van der Waals surface area contributed by atoms with Crippen LogP contribution in [0.1, 0.15) is 17.2 Å². The number of fused-ring (bicyclic) bond motifs is 1. The molecule has 1 aromatic rings. The summed E-state index contributed by atoms with van der Waals surface area (Å²) in [6.07, 6.45) is 9.50. The first-order valence-electron chi connectivity index (χ1n) is 6.26. The third-order valence-corrected chi connectivity index (χ3v) is 4.62. The third kappa shape index (κ3) is 2.29. The molecule has 1 aliphatic carbocycles. The summed E-state index contributed by atoms with van der Waals surface area (Å²) >= 11 is 9.97. The molecule has 18 heavy (non-hydrogen) atoms. The van der Waals surface area contributed by atoms with Crippen LogP contribution in [-0.4, -0.2) is 11.9 Å². The van der Waals surface area contributed by atoms with E-state index in [1.807, 2.05) is 6.08 Å². The Labute approximate surface area is 121 Å². The first-order chi connectivity index (χ1) is 8.75. The molecule has 0 amide bonds. The maximum atomic E-state index is 6.43. The minimum absolute atomic E-state index is 0.0714. The van der Waals surface area contributed by atoms with Gasteiger partial charge in [-0.2, -0.15) is 0 Å². The second-order valence-electron chi connectivity index (χ2n) is 4.82. The molecule has 0 fully saturated rings. The molecule has 0 aromatic heterocycles. The van der Waals surface area contributed by atoms with E-state index in [1.165, 1.54) is 11.1 Å². The fraction of sp³-hybridized carbons (Fsp3) is 0.333. The van der Waals surface area contributed by atoms with Crippen LogP contribution in [0.4, 0.5) is 0 Å². The van der Waals surface area contributed by atoms with Crippen molar-refractivity contribution in [3.8, 4) is 0 Å². The molecular weight excluding hydrogens is 310 g/mol. The molecule has 0 saturated carbocycles. The molecule has 1 aromatic carbocycles. The van der Waals surface area contributed by atoms with Gasteiger partial charge in [0.1, 0.15) is 0 Å². The van der Waals surface area contributed by atoms with Crippen LogP contribution in [0.15, 0.2) is 47.0 Å². The van der Waals surface area contributed by atoms with E-state index >= 15 is 0 Å². The summed E-state index contributed by atoms with van der Waals surface area (Å²) < 4.78 is 1.16. The third-order valence-electron chi connectivity index (χ3n) is 3.69. The number of nitrogens with one attached hydrogen (secondary N) is 1. The van der Waals surface area contributed by atoms with Crippen LogP contribution in [0, 0.1) is 5.92 Å². The molecule has 0 radical (unpaired) electrons. The van der Waals surface area contributed by atoms with Crippen molar-refractivity contribution in [3.63, 3.8) is 0 Å². The van der Waals surface area contributed by atoms with Crippen LogP contribution in [0.5, 0.6) is 0 Å². The highest BCUT2D eigenvalue weighted by molar-refractivity contribution is 9.10. The summed E-state index contributed by atoms with van der Waals surface area (Å²) in [4.78, 5) is 0. The van der Waals surface area contributed by atoms with Gasteiger partial charge in [-0.1, -0.05) is 46.3 Å². The fourth-order valence-corrected chi connectivity index (χ4v) is 3.52. The van der Waals surface area contributed by atoms with E-state index in [9.17, 15) is 0 Å². The zero-order valence-corrected chi connectivity index (χ0v) is 12.3. The Kier molecular flexibility index (Phi) is 3.60. The van der Waals surface area contributed by atoms with Gasteiger partial charge in [-0.05, 0) is 36.2 Å². The monoisotopic (exact) mass is 323 g/mol. The quantitative estimate of drug-likeness (QED) is 0.770. The van der Waals surface area contributed by atoms with E-state index in [-0.39, 0.29) is 5.38 Å². The highest BCUT2D eigenvalue weighted by Crippen LogP contribution is 2.36. The normalized spacial score (nSPS) is 30.2. The lowest BCUT2D eigenvalue weighted by atomic mass is 9.83. The van der Waals surface area contributed by atoms with Gasteiger partial charge in [-0.3, -0.25) is 0 Å². The Balaban J connectivity index is 1.96. The second-order valence-corrected chi connectivity index (χ2v) is 6.24. The lowest BCUT2D eigenvalue weighted by Crippen LogP contribution is -2.37. The molecule has 2 aliphatic rings. The second kappa shape index (κ2) is 5.20. The van der Waals surface area contributed by atoms with Crippen molar-refractivity contribution in [2.45, 2.75) is 17.8 Å². The number of allylic oxidation sites excluding steroid dienone is 3. The summed E-state index contributed by atoms with van der Waals surface area (Å²) in [6.45, 7) is 1.02. The standard InChI is InChI=1S/C15H15BrClN/c16-11-5-6-12-10(9-11)7-8-18-15(12)13-3-1-2-4-14(13)17/h1-6,9,13-15,18H,7-8H2/t13?,14?,15-/m1/s1. The van der Waals surface area contributed by atoms with E-state index in [1.54, 1.807) is 0 Å². The van der Waals surface area contributed by atoms with Gasteiger partial charge in [0.15, 0.2) is 0 Å². The van der Waals surface area contributed by atoms with Crippen molar-refractivity contribution in [2.24, 2.45) is 5.92 Å². The van der Waals surface area contributed by atoms with Crippen LogP contribution in [0.3, 0.4) is 0 Å². The van der Waals surface area contributed by atoms with Gasteiger partial charge >= 0.3 is 0 Å². The van der Waals surface area contributed by atoms with E-state index < -0.39 is 0 Å². The first-order valence-corrected chi connectivity index (χ1v) is 7.49. The maximum absolute atomic E-state index is 6.43. The minimum atomic E-state index is 0.0714. The number of hydrogen-bond donors (Lipinski definition) is 1. The molecule has 1 nitrogen and oxygen atoms in total. The van der Waals surface area contributed by atoms with Crippen LogP contribution < -0.4 is 5.32 Å². The van der Waals surface area contributed by atoms with Crippen LogP contribution in [0.25, 0.3) is 0 Å². The summed E-state index contributed by atoms with van der Waals surface area (Å²) in [7, 11) is 0. The minimum Gasteiger partial charge on any atom is -0.309 e. The van der Waals surface area contributed by atoms with E-state index in [2.05, 4.69) is 57.7 Å². The van der Waals surface area contributed by atoms with Crippen molar-refractivity contribution >= 4 is 27.5 Å². The summed E-state index contributed by atoms with van der Waals surface area (Å²) in [5, 5.41) is 3.68. The molecule has 3 atom stereocenters. The van der Waals surface area contributed by atoms with Gasteiger partial charge in [0, 0.05) is 16.4 Å². The predicted octanol–water partition coefficient (Wildman–Crippen LogP) is 3.99. The van der Waals surface area contributed by atoms with Gasteiger partial charge in [-0.15, -0.1) is 11.6 Å². The number of rotatable bonds is 1. The Hall–Kier alpha value is -0.570. The van der Waals surface area contributed by atoms with E-state index in [0.717, 1.165) is 17.4 Å². The molecule has 3 heteroatoms. The molecule has 0 saturated heterocycles. The number of benzene rings is 1. The van der Waals surface area contributed by atoms with Crippen LogP contribution in [0.2, 0.25) is 0 Å². The predicted molar refractivity (Wildman–Crippen MR) is 80.0 cm³/mol. The molecule has 3 rings (SSSR count). The molecule has 0 spiro atoms. The molecule has 1 heterocycles. The summed E-state index contributed by atoms with van der Waals surface area (Å²) in [6, 6.07) is 6.89. The maximum Gasteiger partial charge on any atom is 0.0600 e. The van der Waals surface area contributed by atoms with Crippen LogP contribution >= 0.6 is 27.5 Å². The first kappa shape index (κ1) is 12.5. The zero-order chi connectivity index (χ0) is 12.5. The largest absolute Gasteiger partial charge is 0.309 e. The van der Waals surface area contributed by atoms with E-state index in [4.69, 9.17) is 11.6 Å². The summed E-state index contributed by atoms with van der Waals surface area (Å²) in [5.41, 5.74) is 2.82. The van der Waals surface area contributed by atoms with E-state index in [0.29, 0.717) is 12.0 Å². The average Bonchev–Trinajstić information content (AvgIpc) is 2.38. The smallest absolute Gasteiger partial charge is 0.0600 e. The highest BCUT2D eigenvalue weighted by Gasteiger charge is 2.30. The van der Waals surface area contributed by atoms with Crippen molar-refractivity contribution < 1.29 is 0 Å². The van der Waals surface area contributed by atoms with Gasteiger partial charge in [0.05, 0.1) is 5.38 Å². The van der Waals surface area contributed by atoms with Gasteiger partial charge in [0.25, 0.3) is 0 Å². The zero-order valence-electron chi connectivity index (χ0n) is 9.94. The molecule has 0 bridgehead atoms. The lowest BCUT2D eigenvalue weighted by Gasteiger charge is -2.34. The SMILES string of the molecule is ClC1C=CC=CC1[C@@H]1NCCc2cc(Br)ccc21. The molecule has 94 valence electrons. The average molecular weight is 325 g/mol. The number of hydrogen-bond acceptors (Lipinski definition) is 1. The molecular formula is C15H15BrClN. The van der Waals surface area contributed by atoms with Crippen LogP contribution in [-0.2, 0) is 6.42 Å². The molecule has 1 N–H and O–H groups in total. The van der Waals surface area contributed by atoms with Gasteiger partial charge < -0.3 is 5.32 Å². The summed E-state index contributed by atoms with van der Waals surface area (Å²) in [5.74, 6) is 0.330. The fourth-order valence-electron chi connectivity index (χ4n) is 2.80. The number of halogens is 2. The molecule has 1 aliphatic heterocycles.